The maximum Gasteiger partial charge on any atom is 0.267 e. The molecular formula is C34H32N10O3. The van der Waals surface area contributed by atoms with E-state index in [9.17, 15) is 14.7 Å². The molecule has 1 saturated heterocycles. The summed E-state index contributed by atoms with van der Waals surface area (Å²) in [5.74, 6) is 6.64. The number of nitrogens with one attached hydrogen (secondary N) is 1. The number of hydrogen-bond donors (Lipinski definition) is 3. The lowest BCUT2D eigenvalue weighted by molar-refractivity contribution is 0.0940. The van der Waals surface area contributed by atoms with Crippen LogP contribution in [0, 0.1) is 11.8 Å². The van der Waals surface area contributed by atoms with Crippen LogP contribution in [-0.2, 0) is 7.05 Å². The Morgan fingerprint density at radius 1 is 1.11 bits per heavy atom. The minimum atomic E-state index is -0.710. The van der Waals surface area contributed by atoms with Crippen LogP contribution < -0.4 is 16.6 Å². The Balaban J connectivity index is 1.29. The molecule has 1 fully saturated rings. The lowest BCUT2D eigenvalue weighted by Gasteiger charge is -2.39. The second-order valence-corrected chi connectivity index (χ2v) is 11.5. The number of fused-ring (bicyclic) bond motifs is 2. The van der Waals surface area contributed by atoms with E-state index in [-0.39, 0.29) is 29.5 Å². The van der Waals surface area contributed by atoms with E-state index in [1.54, 1.807) is 37.6 Å². The normalized spacial score (nSPS) is 14.1. The highest BCUT2D eigenvalue weighted by Gasteiger charge is 2.31. The number of aliphatic hydroxyl groups excluding tert-OH is 1. The smallest absolute Gasteiger partial charge is 0.267 e. The van der Waals surface area contributed by atoms with E-state index >= 15 is 0 Å². The summed E-state index contributed by atoms with van der Waals surface area (Å²) < 4.78 is 4.80. The molecule has 1 atom stereocenters. The standard InChI is InChI=1S/C34H32N10O3/c1-21(38-33(46)28-30(35)40-43-15-7-14-36-32(28)43)31-39-26-11-6-8-22(27(26)34(47)44(31)25-9-4-3-5-10-25)12-13-23-18-37-41(2)29(23)24-19-42(20-24)16-17-45/h3-11,14-15,18,21,24,45H,16-17,19-20H2,1-2H3,(H2,35,40)(H,38,46). The highest BCUT2D eigenvalue weighted by molar-refractivity contribution is 6.04. The molecule has 4 aromatic heterocycles. The maximum atomic E-state index is 14.4. The van der Waals surface area contributed by atoms with Gasteiger partial charge in [0.2, 0.25) is 0 Å². The van der Waals surface area contributed by atoms with Gasteiger partial charge in [0.25, 0.3) is 11.5 Å². The van der Waals surface area contributed by atoms with E-state index in [0.717, 1.165) is 24.3 Å². The molecule has 1 amide bonds. The van der Waals surface area contributed by atoms with Gasteiger partial charge in [-0.1, -0.05) is 36.1 Å². The van der Waals surface area contributed by atoms with Crippen molar-refractivity contribution in [3.05, 3.63) is 112 Å². The van der Waals surface area contributed by atoms with Gasteiger partial charge in [0.1, 0.15) is 11.4 Å². The van der Waals surface area contributed by atoms with E-state index in [2.05, 4.69) is 37.2 Å². The zero-order valence-electron chi connectivity index (χ0n) is 25.8. The summed E-state index contributed by atoms with van der Waals surface area (Å²) in [6.07, 6.45) is 4.97. The van der Waals surface area contributed by atoms with Crippen LogP contribution in [0.1, 0.15) is 51.9 Å². The van der Waals surface area contributed by atoms with E-state index in [1.807, 2.05) is 54.2 Å². The highest BCUT2D eigenvalue weighted by atomic mass is 16.3. The van der Waals surface area contributed by atoms with Gasteiger partial charge in [-0.05, 0) is 37.3 Å². The minimum absolute atomic E-state index is 0.0418. The number of aryl methyl sites for hydroxylation is 1. The molecule has 4 N–H and O–H groups in total. The third-order valence-corrected chi connectivity index (χ3v) is 8.40. The molecular weight excluding hydrogens is 596 g/mol. The van der Waals surface area contributed by atoms with Gasteiger partial charge in [0.15, 0.2) is 11.5 Å². The number of nitrogens with two attached hydrogens (primary N) is 1. The molecule has 0 radical (unpaired) electrons. The van der Waals surface area contributed by atoms with Gasteiger partial charge in [-0.15, -0.1) is 5.10 Å². The average Bonchev–Trinajstić information content (AvgIpc) is 3.59. The molecule has 13 heteroatoms. The number of nitrogen functional groups attached to an aromatic ring is 1. The number of aliphatic hydroxyl groups is 1. The number of benzene rings is 2. The van der Waals surface area contributed by atoms with Crippen LogP contribution in [0.2, 0.25) is 0 Å². The highest BCUT2D eigenvalue weighted by Crippen LogP contribution is 2.29. The van der Waals surface area contributed by atoms with Crippen LogP contribution in [0.3, 0.4) is 0 Å². The SMILES string of the molecule is CC(NC(=O)c1c(N)nn2cccnc12)c1nc2cccc(C#Cc3cnn(C)c3C3CN(CCO)C3)c2c(=O)n1-c1ccccc1. The number of β-amino-alcohol motifs (C(OH)–C–C–N with tert-alkyl or cyclic N) is 1. The van der Waals surface area contributed by atoms with E-state index in [1.165, 1.54) is 9.08 Å². The number of carbonyl (C=O) groups excluding carboxylic acids is 1. The molecule has 0 aliphatic carbocycles. The number of amides is 1. The summed E-state index contributed by atoms with van der Waals surface area (Å²) in [4.78, 5) is 39.3. The van der Waals surface area contributed by atoms with Crippen molar-refractivity contribution < 1.29 is 9.90 Å². The zero-order valence-corrected chi connectivity index (χ0v) is 25.8. The average molecular weight is 629 g/mol. The first-order chi connectivity index (χ1) is 22.8. The van der Waals surface area contributed by atoms with Crippen molar-refractivity contribution in [2.45, 2.75) is 18.9 Å². The number of aromatic nitrogens is 7. The molecule has 13 nitrogen and oxygen atoms in total. The second-order valence-electron chi connectivity index (χ2n) is 11.5. The Labute approximate surface area is 269 Å². The number of hydrogen-bond acceptors (Lipinski definition) is 9. The lowest BCUT2D eigenvalue weighted by Crippen LogP contribution is -2.47. The van der Waals surface area contributed by atoms with Crippen molar-refractivity contribution in [2.24, 2.45) is 7.05 Å². The Morgan fingerprint density at radius 2 is 1.89 bits per heavy atom. The summed E-state index contributed by atoms with van der Waals surface area (Å²) in [5, 5.41) is 21.2. The van der Waals surface area contributed by atoms with Crippen LogP contribution in [0.15, 0.2) is 78.0 Å². The summed E-state index contributed by atoms with van der Waals surface area (Å²) in [6, 6.07) is 15.5. The Morgan fingerprint density at radius 3 is 2.68 bits per heavy atom. The van der Waals surface area contributed by atoms with Crippen LogP contribution in [0.25, 0.3) is 22.2 Å². The molecule has 1 aliphatic rings. The molecule has 0 bridgehead atoms. The maximum absolute atomic E-state index is 14.4. The van der Waals surface area contributed by atoms with Crippen molar-refractivity contribution in [1.29, 1.82) is 0 Å². The van der Waals surface area contributed by atoms with Gasteiger partial charge in [0, 0.05) is 50.6 Å². The molecule has 236 valence electrons. The van der Waals surface area contributed by atoms with E-state index < -0.39 is 11.9 Å². The van der Waals surface area contributed by atoms with Crippen LogP contribution in [0.5, 0.6) is 0 Å². The summed E-state index contributed by atoms with van der Waals surface area (Å²) in [6.45, 7) is 4.18. The van der Waals surface area contributed by atoms with E-state index in [4.69, 9.17) is 10.7 Å². The molecule has 2 aromatic carbocycles. The fraction of sp³-hybridized carbons (Fsp3) is 0.235. The third kappa shape index (κ3) is 5.39. The third-order valence-electron chi connectivity index (χ3n) is 8.40. The first kappa shape index (κ1) is 29.8. The molecule has 0 spiro atoms. The molecule has 0 saturated carbocycles. The predicted octanol–water partition coefficient (Wildman–Crippen LogP) is 2.03. The van der Waals surface area contributed by atoms with Gasteiger partial charge in [-0.25, -0.2) is 14.5 Å². The van der Waals surface area contributed by atoms with Crippen LogP contribution >= 0.6 is 0 Å². The lowest BCUT2D eigenvalue weighted by atomic mass is 9.93. The number of carbonyl (C=O) groups is 1. The van der Waals surface area contributed by atoms with Crippen molar-refractivity contribution in [1.82, 2.24) is 44.1 Å². The van der Waals surface area contributed by atoms with Crippen molar-refractivity contribution in [2.75, 3.05) is 32.0 Å². The van der Waals surface area contributed by atoms with Crippen molar-refractivity contribution >= 4 is 28.3 Å². The summed E-state index contributed by atoms with van der Waals surface area (Å²) >= 11 is 0. The molecule has 1 aliphatic heterocycles. The van der Waals surface area contributed by atoms with Crippen molar-refractivity contribution in [3.8, 4) is 17.5 Å². The largest absolute Gasteiger partial charge is 0.395 e. The number of anilines is 1. The molecule has 47 heavy (non-hydrogen) atoms. The monoisotopic (exact) mass is 628 g/mol. The molecule has 5 heterocycles. The Hall–Kier alpha value is -5.84. The first-order valence-electron chi connectivity index (χ1n) is 15.2. The summed E-state index contributed by atoms with van der Waals surface area (Å²) in [5.41, 5.74) is 9.64. The van der Waals surface area contributed by atoms with Gasteiger partial charge in [0.05, 0.1) is 46.7 Å². The Bertz CT molecular complexity index is 2260. The van der Waals surface area contributed by atoms with Crippen LogP contribution in [0.4, 0.5) is 5.82 Å². The first-order valence-corrected chi connectivity index (χ1v) is 15.2. The number of para-hydroxylation sites is 1. The fourth-order valence-electron chi connectivity index (χ4n) is 6.15. The topological polar surface area (TPSA) is 161 Å². The predicted molar refractivity (Wildman–Crippen MR) is 176 cm³/mol. The second kappa shape index (κ2) is 12.2. The number of nitrogens with zero attached hydrogens (tertiary/aromatic N) is 8. The van der Waals surface area contributed by atoms with Crippen molar-refractivity contribution in [3.63, 3.8) is 0 Å². The number of likely N-dealkylation sites (tertiary alicyclic amines) is 1. The van der Waals surface area contributed by atoms with Gasteiger partial charge in [-0.3, -0.25) is 23.7 Å². The van der Waals surface area contributed by atoms with Crippen LogP contribution in [-0.4, -0.2) is 76.1 Å². The fourth-order valence-corrected chi connectivity index (χ4v) is 6.15. The minimum Gasteiger partial charge on any atom is -0.395 e. The van der Waals surface area contributed by atoms with Gasteiger partial charge >= 0.3 is 0 Å². The quantitative estimate of drug-likeness (QED) is 0.225. The van der Waals surface area contributed by atoms with Gasteiger partial charge in [-0.2, -0.15) is 5.10 Å². The molecule has 1 unspecified atom stereocenters. The summed E-state index contributed by atoms with van der Waals surface area (Å²) in [7, 11) is 1.90. The number of rotatable bonds is 7. The molecule has 6 aromatic rings. The van der Waals surface area contributed by atoms with E-state index in [0.29, 0.717) is 40.2 Å². The zero-order chi connectivity index (χ0) is 32.7. The van der Waals surface area contributed by atoms with Gasteiger partial charge < -0.3 is 16.2 Å². The Kier molecular flexibility index (Phi) is 7.72. The molecule has 7 rings (SSSR count).